The zero-order valence-electron chi connectivity index (χ0n) is 28.7. The van der Waals surface area contributed by atoms with Crippen molar-refractivity contribution in [3.05, 3.63) is 209 Å². The van der Waals surface area contributed by atoms with Crippen LogP contribution in [0.4, 0.5) is 17.1 Å². The van der Waals surface area contributed by atoms with Crippen LogP contribution in [0.5, 0.6) is 0 Å². The largest absolute Gasteiger partial charge is 0.310 e. The number of anilines is 3. The lowest BCUT2D eigenvalue weighted by Crippen LogP contribution is -2.25. The second kappa shape index (κ2) is 10.2. The number of nitrogens with zero attached hydrogens (tertiary/aromatic N) is 1. The molecule has 0 aliphatic heterocycles. The van der Waals surface area contributed by atoms with Crippen molar-refractivity contribution in [3.63, 3.8) is 0 Å². The summed E-state index contributed by atoms with van der Waals surface area (Å²) >= 11 is 0. The van der Waals surface area contributed by atoms with E-state index in [4.69, 9.17) is 0 Å². The van der Waals surface area contributed by atoms with Crippen molar-refractivity contribution in [2.24, 2.45) is 0 Å². The highest BCUT2D eigenvalue weighted by atomic mass is 15.1. The highest BCUT2D eigenvalue weighted by Gasteiger charge is 2.51. The minimum atomic E-state index is -0.356. The van der Waals surface area contributed by atoms with Crippen molar-refractivity contribution < 1.29 is 0 Å². The number of para-hydroxylation sites is 1. The lowest BCUT2D eigenvalue weighted by atomic mass is 9.70. The lowest BCUT2D eigenvalue weighted by molar-refractivity contribution is 0.661. The molecule has 0 atom stereocenters. The summed E-state index contributed by atoms with van der Waals surface area (Å²) in [5, 5.41) is 2.55. The molecule has 8 aromatic carbocycles. The van der Waals surface area contributed by atoms with Crippen LogP contribution in [0.3, 0.4) is 0 Å². The Kier molecular flexibility index (Phi) is 5.72. The predicted molar refractivity (Wildman–Crippen MR) is 212 cm³/mol. The standard InChI is InChI=1S/C50H35N/c1-49(2)40-22-10-9-21-38(40)48-45(49)29-27-32-15-14-26-46(47(32)48)51(33-16-4-3-5-17-33)34-28-30-44-39(31-34)37-20-8-13-25-43(37)50(44)41-23-11-6-18-35(41)36-19-7-12-24-42(36)50/h3-31H,1-2H3. The highest BCUT2D eigenvalue weighted by Crippen LogP contribution is 2.63. The van der Waals surface area contributed by atoms with Gasteiger partial charge in [-0.25, -0.2) is 0 Å². The number of hydrogen-bond donors (Lipinski definition) is 0. The lowest BCUT2D eigenvalue weighted by Gasteiger charge is -2.31. The normalized spacial score (nSPS) is 14.8. The van der Waals surface area contributed by atoms with Crippen molar-refractivity contribution in [2.75, 3.05) is 4.90 Å². The molecule has 0 unspecified atom stereocenters. The van der Waals surface area contributed by atoms with Crippen LogP contribution < -0.4 is 4.90 Å². The van der Waals surface area contributed by atoms with Gasteiger partial charge >= 0.3 is 0 Å². The van der Waals surface area contributed by atoms with E-state index in [0.717, 1.165) is 11.4 Å². The van der Waals surface area contributed by atoms with Gasteiger partial charge in [0.2, 0.25) is 0 Å². The van der Waals surface area contributed by atoms with E-state index >= 15 is 0 Å². The third-order valence-corrected chi connectivity index (χ3v) is 12.1. The fourth-order valence-corrected chi connectivity index (χ4v) is 9.97. The van der Waals surface area contributed by atoms with Crippen LogP contribution in [-0.4, -0.2) is 0 Å². The van der Waals surface area contributed by atoms with Gasteiger partial charge in [-0.1, -0.05) is 159 Å². The maximum Gasteiger partial charge on any atom is 0.0725 e. The Morgan fingerprint density at radius 3 is 1.57 bits per heavy atom. The van der Waals surface area contributed by atoms with E-state index in [2.05, 4.69) is 195 Å². The SMILES string of the molecule is CC1(C)c2ccccc2-c2c1ccc1cccc(N(c3ccccc3)c3ccc4c(c3)-c3ccccc3C43c4ccccc4-c4ccccc43)c21. The van der Waals surface area contributed by atoms with E-state index < -0.39 is 0 Å². The van der Waals surface area contributed by atoms with Crippen LogP contribution >= 0.6 is 0 Å². The van der Waals surface area contributed by atoms with Crippen LogP contribution in [-0.2, 0) is 10.8 Å². The Morgan fingerprint density at radius 1 is 0.373 bits per heavy atom. The first-order valence-corrected chi connectivity index (χ1v) is 18.0. The number of rotatable bonds is 3. The van der Waals surface area contributed by atoms with Crippen LogP contribution in [0.1, 0.15) is 47.2 Å². The monoisotopic (exact) mass is 649 g/mol. The van der Waals surface area contributed by atoms with Crippen molar-refractivity contribution in [1.82, 2.24) is 0 Å². The fraction of sp³-hybridized carbons (Fsp3) is 0.0800. The van der Waals surface area contributed by atoms with E-state index in [9.17, 15) is 0 Å². The summed E-state index contributed by atoms with van der Waals surface area (Å²) in [6.45, 7) is 4.74. The molecule has 51 heavy (non-hydrogen) atoms. The molecule has 1 nitrogen and oxygen atoms in total. The van der Waals surface area contributed by atoms with Gasteiger partial charge in [-0.05, 0) is 102 Å². The summed E-state index contributed by atoms with van der Waals surface area (Å²) in [7, 11) is 0. The Morgan fingerprint density at radius 2 is 0.902 bits per heavy atom. The van der Waals surface area contributed by atoms with Gasteiger partial charge in [0.05, 0.1) is 11.1 Å². The molecule has 1 spiro atoms. The first-order chi connectivity index (χ1) is 25.1. The Balaban J connectivity index is 1.20. The molecular weight excluding hydrogens is 615 g/mol. The van der Waals surface area contributed by atoms with E-state index in [1.165, 1.54) is 83.2 Å². The van der Waals surface area contributed by atoms with Gasteiger partial charge in [-0.2, -0.15) is 0 Å². The summed E-state index contributed by atoms with van der Waals surface area (Å²) in [6, 6.07) is 65.8. The number of hydrogen-bond acceptors (Lipinski definition) is 1. The Labute approximate surface area is 299 Å². The van der Waals surface area contributed by atoms with Crippen LogP contribution in [0.25, 0.3) is 44.2 Å². The van der Waals surface area contributed by atoms with Crippen molar-refractivity contribution >= 4 is 27.8 Å². The maximum absolute atomic E-state index is 2.49. The van der Waals surface area contributed by atoms with Crippen LogP contribution in [0.2, 0.25) is 0 Å². The molecule has 8 aromatic rings. The topological polar surface area (TPSA) is 3.24 Å². The fourth-order valence-electron chi connectivity index (χ4n) is 9.97. The van der Waals surface area contributed by atoms with E-state index in [1.807, 2.05) is 0 Å². The van der Waals surface area contributed by atoms with Gasteiger partial charge in [-0.3, -0.25) is 0 Å². The Hall–Kier alpha value is -6.18. The third-order valence-electron chi connectivity index (χ3n) is 12.1. The van der Waals surface area contributed by atoms with E-state index in [1.54, 1.807) is 0 Å². The second-order valence-corrected chi connectivity index (χ2v) is 14.8. The zero-order chi connectivity index (χ0) is 33.9. The van der Waals surface area contributed by atoms with Gasteiger partial charge in [0, 0.05) is 22.2 Å². The molecule has 1 heteroatoms. The Bertz CT molecular complexity index is 2690. The molecule has 0 fully saturated rings. The van der Waals surface area contributed by atoms with Crippen molar-refractivity contribution in [1.29, 1.82) is 0 Å². The number of benzene rings is 8. The molecule has 240 valence electrons. The molecule has 0 heterocycles. The quantitative estimate of drug-likeness (QED) is 0.184. The summed E-state index contributed by atoms with van der Waals surface area (Å²) in [4.78, 5) is 2.49. The third kappa shape index (κ3) is 3.60. The number of fused-ring (bicyclic) bond motifs is 15. The summed E-state index contributed by atoms with van der Waals surface area (Å²) in [6.07, 6.45) is 0. The molecule has 3 aliphatic carbocycles. The van der Waals surface area contributed by atoms with Crippen molar-refractivity contribution in [3.8, 4) is 33.4 Å². The van der Waals surface area contributed by atoms with Crippen molar-refractivity contribution in [2.45, 2.75) is 24.7 Å². The first kappa shape index (κ1) is 28.6. The molecule has 11 rings (SSSR count). The summed E-state index contributed by atoms with van der Waals surface area (Å²) in [5.41, 5.74) is 19.3. The van der Waals surface area contributed by atoms with E-state index in [0.29, 0.717) is 0 Å². The maximum atomic E-state index is 2.49. The average molecular weight is 650 g/mol. The molecule has 0 aromatic heterocycles. The van der Waals surface area contributed by atoms with Gasteiger partial charge in [0.1, 0.15) is 0 Å². The first-order valence-electron chi connectivity index (χ1n) is 18.0. The molecule has 0 bridgehead atoms. The summed E-state index contributed by atoms with van der Waals surface area (Å²) in [5.74, 6) is 0. The van der Waals surface area contributed by atoms with Crippen LogP contribution in [0.15, 0.2) is 176 Å². The van der Waals surface area contributed by atoms with Gasteiger partial charge in [0.15, 0.2) is 0 Å². The molecular formula is C50H35N. The molecule has 0 saturated heterocycles. The van der Waals surface area contributed by atoms with Gasteiger partial charge in [-0.15, -0.1) is 0 Å². The summed E-state index contributed by atoms with van der Waals surface area (Å²) < 4.78 is 0. The highest BCUT2D eigenvalue weighted by molar-refractivity contribution is 6.11. The smallest absolute Gasteiger partial charge is 0.0725 e. The molecule has 0 N–H and O–H groups in total. The molecule has 0 radical (unpaired) electrons. The second-order valence-electron chi connectivity index (χ2n) is 14.8. The molecule has 0 amide bonds. The van der Waals surface area contributed by atoms with E-state index in [-0.39, 0.29) is 10.8 Å². The predicted octanol–water partition coefficient (Wildman–Crippen LogP) is 13.0. The average Bonchev–Trinajstić information content (AvgIpc) is 3.74. The molecule has 3 aliphatic rings. The minimum Gasteiger partial charge on any atom is -0.310 e. The van der Waals surface area contributed by atoms with Gasteiger partial charge in [0.25, 0.3) is 0 Å². The minimum absolute atomic E-state index is 0.0791. The molecule has 0 saturated carbocycles. The zero-order valence-corrected chi connectivity index (χ0v) is 28.7. The van der Waals surface area contributed by atoms with Gasteiger partial charge < -0.3 is 4.90 Å². The van der Waals surface area contributed by atoms with Crippen LogP contribution in [0, 0.1) is 0 Å².